The summed E-state index contributed by atoms with van der Waals surface area (Å²) < 4.78 is 23.7. The zero-order valence-electron chi connectivity index (χ0n) is 17.3. The van der Waals surface area contributed by atoms with Gasteiger partial charge in [0.25, 0.3) is 0 Å². The van der Waals surface area contributed by atoms with E-state index in [2.05, 4.69) is 25.8 Å². The van der Waals surface area contributed by atoms with Gasteiger partial charge in [0, 0.05) is 17.5 Å². The van der Waals surface area contributed by atoms with Gasteiger partial charge in [0.1, 0.15) is 5.82 Å². The van der Waals surface area contributed by atoms with Crippen molar-refractivity contribution in [2.45, 2.75) is 39.0 Å². The van der Waals surface area contributed by atoms with Crippen molar-refractivity contribution in [2.24, 2.45) is 0 Å². The topological polar surface area (TPSA) is 69.4 Å². The van der Waals surface area contributed by atoms with E-state index in [1.54, 1.807) is 24.3 Å². The second-order valence-corrected chi connectivity index (χ2v) is 8.04. The molecule has 6 heteroatoms. The van der Waals surface area contributed by atoms with Crippen LogP contribution in [0.5, 0.6) is 0 Å². The van der Waals surface area contributed by atoms with Crippen LogP contribution in [0.4, 0.5) is 4.39 Å². The van der Waals surface area contributed by atoms with Gasteiger partial charge < -0.3 is 9.15 Å². The molecule has 0 bridgehead atoms. The van der Waals surface area contributed by atoms with E-state index in [-0.39, 0.29) is 36.5 Å². The summed E-state index contributed by atoms with van der Waals surface area (Å²) in [5.74, 6) is -0.224. The number of carbonyl (C=O) groups is 2. The van der Waals surface area contributed by atoms with Gasteiger partial charge in [-0.1, -0.05) is 45.0 Å². The van der Waals surface area contributed by atoms with Crippen molar-refractivity contribution in [3.63, 3.8) is 0 Å². The number of nitrogens with zero attached hydrogens (tertiary/aromatic N) is 1. The number of rotatable bonds is 7. The number of ketones is 1. The Hall–Kier alpha value is -3.28. The highest BCUT2D eigenvalue weighted by atomic mass is 19.1. The number of Topliss-reactive ketones (excluding diaryl/α,β-unsaturated/α-hetero) is 1. The van der Waals surface area contributed by atoms with Crippen molar-refractivity contribution in [3.8, 4) is 11.3 Å². The fourth-order valence-corrected chi connectivity index (χ4v) is 2.84. The van der Waals surface area contributed by atoms with Crippen LogP contribution in [0.3, 0.4) is 0 Å². The Balaban J connectivity index is 1.47. The minimum absolute atomic E-state index is 0.00446. The van der Waals surface area contributed by atoms with Gasteiger partial charge >= 0.3 is 5.97 Å². The maximum Gasteiger partial charge on any atom is 0.306 e. The van der Waals surface area contributed by atoms with Crippen LogP contribution < -0.4 is 0 Å². The van der Waals surface area contributed by atoms with Crippen LogP contribution in [0, 0.1) is 5.82 Å². The average Bonchev–Trinajstić information content (AvgIpc) is 3.19. The summed E-state index contributed by atoms with van der Waals surface area (Å²) >= 11 is 0. The van der Waals surface area contributed by atoms with Gasteiger partial charge in [0.15, 0.2) is 24.0 Å². The highest BCUT2D eigenvalue weighted by Crippen LogP contribution is 2.23. The van der Waals surface area contributed by atoms with Crippen LogP contribution in [0.2, 0.25) is 0 Å². The molecule has 0 aliphatic rings. The molecule has 0 saturated heterocycles. The first-order valence-electron chi connectivity index (χ1n) is 9.72. The maximum absolute atomic E-state index is 13.0. The highest BCUT2D eigenvalue weighted by molar-refractivity contribution is 5.98. The van der Waals surface area contributed by atoms with Crippen LogP contribution >= 0.6 is 0 Å². The number of hydrogen-bond donors (Lipinski definition) is 0. The summed E-state index contributed by atoms with van der Waals surface area (Å²) in [6, 6.07) is 13.2. The number of oxazole rings is 1. The molecular formula is C24H24FNO4. The Morgan fingerprint density at radius 1 is 1.03 bits per heavy atom. The molecule has 0 saturated carbocycles. The summed E-state index contributed by atoms with van der Waals surface area (Å²) in [5, 5.41) is 0. The summed E-state index contributed by atoms with van der Waals surface area (Å²) in [6.45, 7) is 5.99. The molecule has 0 atom stereocenters. The molecule has 0 unspecified atom stereocenters. The number of carbonyl (C=O) groups excluding carboxylic acids is 2. The highest BCUT2D eigenvalue weighted by Gasteiger charge is 2.16. The third-order valence-corrected chi connectivity index (χ3v) is 4.66. The van der Waals surface area contributed by atoms with Crippen molar-refractivity contribution in [1.82, 2.24) is 4.98 Å². The fraction of sp³-hybridized carbons (Fsp3) is 0.292. The van der Waals surface area contributed by atoms with Gasteiger partial charge in [-0.3, -0.25) is 9.59 Å². The Bertz CT molecular complexity index is 1010. The van der Waals surface area contributed by atoms with Gasteiger partial charge in [-0.05, 0) is 35.2 Å². The zero-order chi connectivity index (χ0) is 21.7. The number of esters is 1. The van der Waals surface area contributed by atoms with Crippen molar-refractivity contribution in [3.05, 3.63) is 77.6 Å². The first-order chi connectivity index (χ1) is 14.2. The molecule has 2 aromatic carbocycles. The predicted octanol–water partition coefficient (Wildman–Crippen LogP) is 5.14. The standard InChI is InChI=1S/C24H24FNO4/c1-24(2,3)18-8-4-16(5-9-18)20(27)15-29-23(28)13-12-22-26-14-21(30-22)17-6-10-19(25)11-7-17/h4-11,14H,12-13,15H2,1-3H3. The normalized spacial score (nSPS) is 11.3. The molecule has 0 aliphatic carbocycles. The van der Waals surface area contributed by atoms with Gasteiger partial charge in [0.2, 0.25) is 0 Å². The molecule has 156 valence electrons. The fourth-order valence-electron chi connectivity index (χ4n) is 2.84. The molecule has 0 spiro atoms. The van der Waals surface area contributed by atoms with Gasteiger partial charge in [-0.15, -0.1) is 0 Å². The molecule has 3 aromatic rings. The van der Waals surface area contributed by atoms with Crippen molar-refractivity contribution >= 4 is 11.8 Å². The van der Waals surface area contributed by atoms with Crippen LogP contribution in [0.1, 0.15) is 49.0 Å². The molecule has 3 rings (SSSR count). The molecule has 0 N–H and O–H groups in total. The van der Waals surface area contributed by atoms with Crippen molar-refractivity contribution in [2.75, 3.05) is 6.61 Å². The summed E-state index contributed by atoms with van der Waals surface area (Å²) in [6.07, 6.45) is 1.81. The molecule has 0 aliphatic heterocycles. The SMILES string of the molecule is CC(C)(C)c1ccc(C(=O)COC(=O)CCc2ncc(-c3ccc(F)cc3)o2)cc1. The average molecular weight is 409 g/mol. The van der Waals surface area contributed by atoms with Crippen LogP contribution in [-0.2, 0) is 21.4 Å². The van der Waals surface area contributed by atoms with E-state index < -0.39 is 5.97 Å². The van der Waals surface area contributed by atoms with Crippen LogP contribution in [0.15, 0.2) is 59.1 Å². The minimum atomic E-state index is -0.504. The lowest BCUT2D eigenvalue weighted by atomic mass is 9.86. The lowest BCUT2D eigenvalue weighted by Gasteiger charge is -2.18. The van der Waals surface area contributed by atoms with Gasteiger partial charge in [-0.25, -0.2) is 9.37 Å². The van der Waals surface area contributed by atoms with Crippen molar-refractivity contribution < 1.29 is 23.1 Å². The Kier molecular flexibility index (Phi) is 6.45. The second-order valence-electron chi connectivity index (χ2n) is 8.04. The number of halogens is 1. The van der Waals surface area contributed by atoms with E-state index in [4.69, 9.17) is 9.15 Å². The van der Waals surface area contributed by atoms with E-state index >= 15 is 0 Å². The first kappa shape index (κ1) is 21.4. The number of aryl methyl sites for hydroxylation is 1. The third-order valence-electron chi connectivity index (χ3n) is 4.66. The minimum Gasteiger partial charge on any atom is -0.457 e. The molecule has 0 radical (unpaired) electrons. The quantitative estimate of drug-likeness (QED) is 0.399. The van der Waals surface area contributed by atoms with Crippen LogP contribution in [-0.4, -0.2) is 23.3 Å². The van der Waals surface area contributed by atoms with E-state index in [0.717, 1.165) is 5.56 Å². The van der Waals surface area contributed by atoms with Gasteiger partial charge in [-0.2, -0.15) is 0 Å². The molecule has 0 amide bonds. The summed E-state index contributed by atoms with van der Waals surface area (Å²) in [7, 11) is 0. The van der Waals surface area contributed by atoms with Crippen LogP contribution in [0.25, 0.3) is 11.3 Å². The van der Waals surface area contributed by atoms with Gasteiger partial charge in [0.05, 0.1) is 12.6 Å². The monoisotopic (exact) mass is 409 g/mol. The van der Waals surface area contributed by atoms with E-state index in [0.29, 0.717) is 22.8 Å². The number of hydrogen-bond acceptors (Lipinski definition) is 5. The molecular weight excluding hydrogens is 385 g/mol. The largest absolute Gasteiger partial charge is 0.457 e. The zero-order valence-corrected chi connectivity index (χ0v) is 17.3. The number of benzene rings is 2. The lowest BCUT2D eigenvalue weighted by molar-refractivity contribution is -0.142. The maximum atomic E-state index is 13.0. The Morgan fingerprint density at radius 2 is 1.70 bits per heavy atom. The van der Waals surface area contributed by atoms with Crippen molar-refractivity contribution in [1.29, 1.82) is 0 Å². The van der Waals surface area contributed by atoms with E-state index in [9.17, 15) is 14.0 Å². The second kappa shape index (κ2) is 9.03. The molecule has 5 nitrogen and oxygen atoms in total. The smallest absolute Gasteiger partial charge is 0.306 e. The van der Waals surface area contributed by atoms with E-state index in [1.165, 1.54) is 18.3 Å². The summed E-state index contributed by atoms with van der Waals surface area (Å²) in [5.41, 5.74) is 2.33. The first-order valence-corrected chi connectivity index (χ1v) is 9.72. The number of ether oxygens (including phenoxy) is 1. The molecule has 1 heterocycles. The Morgan fingerprint density at radius 3 is 2.33 bits per heavy atom. The summed E-state index contributed by atoms with van der Waals surface area (Å²) in [4.78, 5) is 28.3. The Labute approximate surface area is 174 Å². The molecule has 1 aromatic heterocycles. The van der Waals surface area contributed by atoms with E-state index in [1.807, 2.05) is 12.1 Å². The predicted molar refractivity (Wildman–Crippen MR) is 111 cm³/mol. The molecule has 0 fully saturated rings. The lowest BCUT2D eigenvalue weighted by Crippen LogP contribution is -2.15. The molecule has 30 heavy (non-hydrogen) atoms. The third kappa shape index (κ3) is 5.63. The number of aromatic nitrogens is 1.